The molecule has 0 atom stereocenters. The molecule has 1 fully saturated rings. The zero-order chi connectivity index (χ0) is 20.4. The molecule has 0 radical (unpaired) electrons. The Morgan fingerprint density at radius 3 is 2.50 bits per heavy atom. The van der Waals surface area contributed by atoms with Crippen molar-refractivity contribution in [2.24, 2.45) is 5.92 Å². The van der Waals surface area contributed by atoms with Crippen LogP contribution in [0, 0.1) is 19.8 Å². The second kappa shape index (κ2) is 8.16. The first-order chi connectivity index (χ1) is 13.3. The largest absolute Gasteiger partial charge is 0.478 e. The summed E-state index contributed by atoms with van der Waals surface area (Å²) in [6.45, 7) is 10.5. The minimum absolute atomic E-state index is 0.125. The van der Waals surface area contributed by atoms with E-state index >= 15 is 0 Å². The Morgan fingerprint density at radius 1 is 1.25 bits per heavy atom. The van der Waals surface area contributed by atoms with Crippen molar-refractivity contribution in [3.05, 3.63) is 34.9 Å². The van der Waals surface area contributed by atoms with E-state index in [1.54, 1.807) is 10.9 Å². The first kappa shape index (κ1) is 20.1. The summed E-state index contributed by atoms with van der Waals surface area (Å²) >= 11 is 0. The molecule has 1 aliphatic rings. The fourth-order valence-corrected chi connectivity index (χ4v) is 3.80. The van der Waals surface area contributed by atoms with Crippen LogP contribution in [0.25, 0.3) is 0 Å². The summed E-state index contributed by atoms with van der Waals surface area (Å²) < 4.78 is 3.72. The molecule has 1 aliphatic heterocycles. The van der Waals surface area contributed by atoms with E-state index in [0.717, 1.165) is 36.3 Å². The molecule has 1 amide bonds. The second-order valence-electron chi connectivity index (χ2n) is 8.03. The Morgan fingerprint density at radius 2 is 1.93 bits per heavy atom. The van der Waals surface area contributed by atoms with Crippen LogP contribution in [-0.4, -0.2) is 54.5 Å². The lowest BCUT2D eigenvalue weighted by molar-refractivity contribution is -0.131. The van der Waals surface area contributed by atoms with Crippen LogP contribution in [0.3, 0.4) is 0 Å². The molecule has 2 aromatic heterocycles. The highest BCUT2D eigenvalue weighted by atomic mass is 16.4. The molecular weight excluding hydrogens is 358 g/mol. The number of nitrogens with zero attached hydrogens (tertiary/aromatic N) is 5. The van der Waals surface area contributed by atoms with Crippen LogP contribution in [0.2, 0.25) is 0 Å². The first-order valence-corrected chi connectivity index (χ1v) is 9.84. The molecule has 8 nitrogen and oxygen atoms in total. The molecule has 1 N–H and O–H groups in total. The molecule has 0 bridgehead atoms. The molecule has 1 saturated heterocycles. The van der Waals surface area contributed by atoms with E-state index in [2.05, 4.69) is 24.0 Å². The Bertz CT molecular complexity index is 859. The van der Waals surface area contributed by atoms with Gasteiger partial charge in [0.25, 0.3) is 0 Å². The number of amides is 1. The molecule has 0 unspecified atom stereocenters. The van der Waals surface area contributed by atoms with Crippen molar-refractivity contribution in [3.8, 4) is 0 Å². The predicted octanol–water partition coefficient (Wildman–Crippen LogP) is 2.46. The minimum atomic E-state index is -0.970. The van der Waals surface area contributed by atoms with Gasteiger partial charge in [0, 0.05) is 37.1 Å². The quantitative estimate of drug-likeness (QED) is 0.822. The van der Waals surface area contributed by atoms with Crippen molar-refractivity contribution >= 4 is 11.9 Å². The lowest BCUT2D eigenvalue weighted by atomic mass is 10.0. The number of piperidine rings is 1. The third-order valence-corrected chi connectivity index (χ3v) is 5.44. The SMILES string of the molecule is Cc1nn(CC(C)C)c(C)c1CC(=O)N1CCC(n2cc(C(=O)O)cn2)CC1. The minimum Gasteiger partial charge on any atom is -0.478 e. The van der Waals surface area contributed by atoms with Gasteiger partial charge in [-0.3, -0.25) is 14.2 Å². The van der Waals surface area contributed by atoms with Crippen molar-refractivity contribution in [2.75, 3.05) is 13.1 Å². The number of carboxylic acid groups (broad SMARTS) is 1. The molecule has 152 valence electrons. The number of likely N-dealkylation sites (tertiary alicyclic amines) is 1. The van der Waals surface area contributed by atoms with Gasteiger partial charge in [0.2, 0.25) is 5.91 Å². The summed E-state index contributed by atoms with van der Waals surface area (Å²) in [6, 6.07) is 0.134. The lowest BCUT2D eigenvalue weighted by Gasteiger charge is -2.32. The first-order valence-electron chi connectivity index (χ1n) is 9.84. The van der Waals surface area contributed by atoms with Crippen molar-refractivity contribution in [3.63, 3.8) is 0 Å². The van der Waals surface area contributed by atoms with E-state index in [0.29, 0.717) is 25.4 Å². The Kier molecular flexibility index (Phi) is 5.86. The Hall–Kier alpha value is -2.64. The van der Waals surface area contributed by atoms with E-state index in [1.807, 2.05) is 23.4 Å². The molecule has 8 heteroatoms. The molecule has 0 saturated carbocycles. The van der Waals surface area contributed by atoms with E-state index < -0.39 is 5.97 Å². The number of aromatic carboxylic acids is 1. The molecule has 0 spiro atoms. The number of hydrogen-bond acceptors (Lipinski definition) is 4. The summed E-state index contributed by atoms with van der Waals surface area (Å²) in [4.78, 5) is 25.7. The maximum atomic E-state index is 12.8. The van der Waals surface area contributed by atoms with Crippen LogP contribution in [0.4, 0.5) is 0 Å². The predicted molar refractivity (Wildman–Crippen MR) is 104 cm³/mol. The van der Waals surface area contributed by atoms with Crippen molar-refractivity contribution in [1.29, 1.82) is 0 Å². The van der Waals surface area contributed by atoms with Gasteiger partial charge in [0.15, 0.2) is 0 Å². The Labute approximate surface area is 165 Å². The Balaban J connectivity index is 1.60. The van der Waals surface area contributed by atoms with Crippen LogP contribution in [0.1, 0.15) is 60.0 Å². The van der Waals surface area contributed by atoms with Gasteiger partial charge >= 0.3 is 5.97 Å². The van der Waals surface area contributed by atoms with Gasteiger partial charge in [-0.15, -0.1) is 0 Å². The molecular formula is C20H29N5O3. The lowest BCUT2D eigenvalue weighted by Crippen LogP contribution is -2.40. The summed E-state index contributed by atoms with van der Waals surface area (Å²) in [6.07, 6.45) is 4.88. The van der Waals surface area contributed by atoms with Crippen molar-refractivity contribution in [1.82, 2.24) is 24.5 Å². The zero-order valence-corrected chi connectivity index (χ0v) is 17.1. The van der Waals surface area contributed by atoms with Gasteiger partial charge in [0.1, 0.15) is 0 Å². The number of hydrogen-bond donors (Lipinski definition) is 1. The second-order valence-corrected chi connectivity index (χ2v) is 8.03. The highest BCUT2D eigenvalue weighted by molar-refractivity contribution is 5.86. The zero-order valence-electron chi connectivity index (χ0n) is 17.1. The van der Waals surface area contributed by atoms with Gasteiger partial charge in [-0.25, -0.2) is 4.79 Å². The topological polar surface area (TPSA) is 93.2 Å². The van der Waals surface area contributed by atoms with Gasteiger partial charge in [0.05, 0.1) is 29.9 Å². The maximum Gasteiger partial charge on any atom is 0.338 e. The normalized spacial score (nSPS) is 15.4. The number of rotatable bonds is 6. The highest BCUT2D eigenvalue weighted by Gasteiger charge is 2.26. The van der Waals surface area contributed by atoms with Gasteiger partial charge in [-0.1, -0.05) is 13.8 Å². The van der Waals surface area contributed by atoms with Crippen LogP contribution in [-0.2, 0) is 17.8 Å². The van der Waals surface area contributed by atoms with Crippen molar-refractivity contribution in [2.45, 2.75) is 59.5 Å². The fraction of sp³-hybridized carbons (Fsp3) is 0.600. The number of carbonyl (C=O) groups is 2. The summed E-state index contributed by atoms with van der Waals surface area (Å²) in [7, 11) is 0. The third-order valence-electron chi connectivity index (χ3n) is 5.44. The monoisotopic (exact) mass is 387 g/mol. The van der Waals surface area contributed by atoms with E-state index in [-0.39, 0.29) is 17.5 Å². The average molecular weight is 387 g/mol. The molecule has 0 aromatic carbocycles. The number of carbonyl (C=O) groups excluding carboxylic acids is 1. The fourth-order valence-electron chi connectivity index (χ4n) is 3.80. The summed E-state index contributed by atoms with van der Waals surface area (Å²) in [5.74, 6) is -0.340. The van der Waals surface area contributed by atoms with Gasteiger partial charge < -0.3 is 10.0 Å². The van der Waals surface area contributed by atoms with Gasteiger partial charge in [-0.2, -0.15) is 10.2 Å². The number of aromatic nitrogens is 4. The average Bonchev–Trinajstić information content (AvgIpc) is 3.23. The maximum absolute atomic E-state index is 12.8. The number of aryl methyl sites for hydroxylation is 1. The highest BCUT2D eigenvalue weighted by Crippen LogP contribution is 2.24. The summed E-state index contributed by atoms with van der Waals surface area (Å²) in [5.41, 5.74) is 3.24. The molecule has 3 rings (SSSR count). The molecule has 28 heavy (non-hydrogen) atoms. The molecule has 2 aromatic rings. The summed E-state index contributed by atoms with van der Waals surface area (Å²) in [5, 5.41) is 17.8. The van der Waals surface area contributed by atoms with Crippen molar-refractivity contribution < 1.29 is 14.7 Å². The van der Waals surface area contributed by atoms with E-state index in [1.165, 1.54) is 6.20 Å². The van der Waals surface area contributed by atoms with Crippen LogP contribution in [0.5, 0.6) is 0 Å². The molecule has 0 aliphatic carbocycles. The van der Waals surface area contributed by atoms with Gasteiger partial charge in [-0.05, 0) is 32.6 Å². The molecule has 3 heterocycles. The van der Waals surface area contributed by atoms with E-state index in [4.69, 9.17) is 5.11 Å². The smallest absolute Gasteiger partial charge is 0.338 e. The number of carboxylic acids is 1. The third kappa shape index (κ3) is 4.26. The van der Waals surface area contributed by atoms with Crippen LogP contribution < -0.4 is 0 Å². The van der Waals surface area contributed by atoms with E-state index in [9.17, 15) is 9.59 Å². The standard InChI is InChI=1S/C20H29N5O3/c1-13(2)11-24-15(4)18(14(3)22-24)9-19(26)23-7-5-17(6-8-23)25-12-16(10-21-25)20(27)28/h10,12-13,17H,5-9,11H2,1-4H3,(H,27,28). The van der Waals surface area contributed by atoms with Crippen LogP contribution >= 0.6 is 0 Å². The van der Waals surface area contributed by atoms with Crippen LogP contribution in [0.15, 0.2) is 12.4 Å².